The number of carbonyl (C=O) groups is 1. The number of hydrogen-bond donors (Lipinski definition) is 2. The summed E-state index contributed by atoms with van der Waals surface area (Å²) in [7, 11) is 1.76. The molecule has 0 spiro atoms. The van der Waals surface area contributed by atoms with Crippen LogP contribution in [0.5, 0.6) is 0 Å². The van der Waals surface area contributed by atoms with Gasteiger partial charge < -0.3 is 20.3 Å². The predicted molar refractivity (Wildman–Crippen MR) is 121 cm³/mol. The molecular formula is C18H32IN5O2S. The fraction of sp³-hybridized carbons (Fsp3) is 0.722. The van der Waals surface area contributed by atoms with E-state index in [9.17, 15) is 4.79 Å². The van der Waals surface area contributed by atoms with E-state index in [0.29, 0.717) is 6.54 Å². The Balaban J connectivity index is 0.00000364. The number of hydrogen-bond acceptors (Lipinski definition) is 5. The van der Waals surface area contributed by atoms with E-state index in [1.54, 1.807) is 23.3 Å². The Morgan fingerprint density at radius 1 is 1.48 bits per heavy atom. The van der Waals surface area contributed by atoms with Gasteiger partial charge in [0, 0.05) is 50.2 Å². The number of halogens is 1. The third-order valence-corrected chi connectivity index (χ3v) is 4.91. The molecule has 27 heavy (non-hydrogen) atoms. The van der Waals surface area contributed by atoms with E-state index in [4.69, 9.17) is 4.74 Å². The van der Waals surface area contributed by atoms with Crippen LogP contribution in [0.4, 0.5) is 4.79 Å². The summed E-state index contributed by atoms with van der Waals surface area (Å²) in [6.45, 7) is 9.87. The second-order valence-electron chi connectivity index (χ2n) is 7.52. The first-order valence-electron chi connectivity index (χ1n) is 9.13. The zero-order valence-corrected chi connectivity index (χ0v) is 20.0. The largest absolute Gasteiger partial charge is 0.444 e. The molecule has 2 rings (SSSR count). The van der Waals surface area contributed by atoms with Crippen molar-refractivity contribution < 1.29 is 9.53 Å². The van der Waals surface area contributed by atoms with E-state index in [0.717, 1.165) is 43.3 Å². The first kappa shape index (κ1) is 23.9. The van der Waals surface area contributed by atoms with E-state index in [1.165, 1.54) is 4.88 Å². The van der Waals surface area contributed by atoms with Gasteiger partial charge in [-0.05, 0) is 40.5 Å². The molecule has 1 amide bonds. The molecule has 0 aliphatic carbocycles. The van der Waals surface area contributed by atoms with Crippen LogP contribution in [0.2, 0.25) is 0 Å². The number of rotatable bonds is 4. The van der Waals surface area contributed by atoms with Gasteiger partial charge in [-0.25, -0.2) is 9.78 Å². The predicted octanol–water partition coefficient (Wildman–Crippen LogP) is 3.18. The third-order valence-electron chi connectivity index (χ3n) is 3.94. The highest BCUT2D eigenvalue weighted by Gasteiger charge is 2.27. The Morgan fingerprint density at radius 3 is 2.81 bits per heavy atom. The number of piperidine rings is 1. The van der Waals surface area contributed by atoms with E-state index >= 15 is 0 Å². The molecule has 0 saturated carbocycles. The summed E-state index contributed by atoms with van der Waals surface area (Å²) in [5.41, 5.74) is -0.469. The lowest BCUT2D eigenvalue weighted by Crippen LogP contribution is -2.53. The molecule has 9 heteroatoms. The molecule has 2 heterocycles. The van der Waals surface area contributed by atoms with Crippen LogP contribution in [-0.2, 0) is 11.2 Å². The van der Waals surface area contributed by atoms with Crippen molar-refractivity contribution >= 4 is 47.4 Å². The van der Waals surface area contributed by atoms with Crippen LogP contribution < -0.4 is 10.6 Å². The quantitative estimate of drug-likeness (QED) is 0.371. The van der Waals surface area contributed by atoms with Crippen molar-refractivity contribution in [3.8, 4) is 0 Å². The van der Waals surface area contributed by atoms with E-state index in [2.05, 4.69) is 27.5 Å². The molecule has 1 fully saturated rings. The van der Waals surface area contributed by atoms with Gasteiger partial charge in [0.2, 0.25) is 0 Å². The van der Waals surface area contributed by atoms with Gasteiger partial charge in [0.1, 0.15) is 5.60 Å². The lowest BCUT2D eigenvalue weighted by Gasteiger charge is -2.35. The van der Waals surface area contributed by atoms with Crippen molar-refractivity contribution in [1.82, 2.24) is 20.5 Å². The summed E-state index contributed by atoms with van der Waals surface area (Å²) >= 11 is 1.72. The molecule has 1 aliphatic heterocycles. The van der Waals surface area contributed by atoms with Crippen LogP contribution in [0, 0.1) is 6.92 Å². The Labute approximate surface area is 183 Å². The van der Waals surface area contributed by atoms with Gasteiger partial charge in [0.25, 0.3) is 0 Å². The van der Waals surface area contributed by atoms with Crippen LogP contribution in [0.3, 0.4) is 0 Å². The van der Waals surface area contributed by atoms with Crippen LogP contribution >= 0.6 is 35.3 Å². The van der Waals surface area contributed by atoms with Crippen LogP contribution in [0.25, 0.3) is 0 Å². The molecule has 0 aromatic carbocycles. The number of aromatic nitrogens is 1. The zero-order valence-electron chi connectivity index (χ0n) is 16.9. The van der Waals surface area contributed by atoms with Gasteiger partial charge >= 0.3 is 6.09 Å². The Morgan fingerprint density at radius 2 is 2.22 bits per heavy atom. The molecule has 154 valence electrons. The number of carbonyl (C=O) groups excluding carboxylic acids is 1. The molecule has 2 N–H and O–H groups in total. The third kappa shape index (κ3) is 8.63. The lowest BCUT2D eigenvalue weighted by atomic mass is 10.1. The van der Waals surface area contributed by atoms with E-state index in [1.807, 2.05) is 27.0 Å². The maximum absolute atomic E-state index is 12.3. The number of likely N-dealkylation sites (tertiary alicyclic amines) is 1. The van der Waals surface area contributed by atoms with Gasteiger partial charge in [-0.2, -0.15) is 0 Å². The molecule has 7 nitrogen and oxygen atoms in total. The Kier molecular flexibility index (Phi) is 9.78. The summed E-state index contributed by atoms with van der Waals surface area (Å²) in [5.74, 6) is 0.759. The monoisotopic (exact) mass is 509 g/mol. The van der Waals surface area contributed by atoms with Crippen LogP contribution in [0.15, 0.2) is 11.2 Å². The Bertz CT molecular complexity index is 630. The molecule has 0 radical (unpaired) electrons. The molecule has 1 unspecified atom stereocenters. The number of nitrogens with one attached hydrogen (secondary N) is 2. The van der Waals surface area contributed by atoms with Crippen LogP contribution in [0.1, 0.15) is 43.5 Å². The van der Waals surface area contributed by atoms with Gasteiger partial charge in [0.15, 0.2) is 5.96 Å². The van der Waals surface area contributed by atoms with Crippen molar-refractivity contribution in [1.29, 1.82) is 0 Å². The lowest BCUT2D eigenvalue weighted by molar-refractivity contribution is 0.0193. The average molecular weight is 509 g/mol. The number of guanidine groups is 1. The normalized spacial score (nSPS) is 17.9. The number of ether oxygens (including phenoxy) is 1. The average Bonchev–Trinajstić information content (AvgIpc) is 2.98. The summed E-state index contributed by atoms with van der Waals surface area (Å²) in [4.78, 5) is 23.9. The zero-order chi connectivity index (χ0) is 19.2. The maximum atomic E-state index is 12.3. The molecule has 1 aliphatic rings. The molecule has 0 bridgehead atoms. The summed E-state index contributed by atoms with van der Waals surface area (Å²) in [6.07, 6.45) is 4.48. The minimum absolute atomic E-state index is 0. The van der Waals surface area contributed by atoms with Crippen molar-refractivity contribution in [3.05, 3.63) is 16.1 Å². The summed E-state index contributed by atoms with van der Waals surface area (Å²) in [6, 6.07) is 0.171. The number of nitrogens with zero attached hydrogens (tertiary/aromatic N) is 3. The van der Waals surface area contributed by atoms with Crippen molar-refractivity contribution in [2.75, 3.05) is 26.7 Å². The molecule has 1 atom stereocenters. The van der Waals surface area contributed by atoms with Gasteiger partial charge in [-0.1, -0.05) is 0 Å². The number of thiazole rings is 1. The second-order valence-corrected chi connectivity index (χ2v) is 8.84. The minimum atomic E-state index is -0.469. The minimum Gasteiger partial charge on any atom is -0.444 e. The van der Waals surface area contributed by atoms with Crippen molar-refractivity contribution in [2.24, 2.45) is 4.99 Å². The standard InChI is InChI=1S/C18H31N5O2S.HI/c1-13-11-21-15(26-13)8-9-20-16(19-5)22-14-7-6-10-23(12-14)17(24)25-18(2,3)4;/h11,14H,6-10,12H2,1-5H3,(H2,19,20,22);1H. The van der Waals surface area contributed by atoms with E-state index < -0.39 is 5.60 Å². The summed E-state index contributed by atoms with van der Waals surface area (Å²) in [5, 5.41) is 7.87. The molecule has 1 aromatic rings. The van der Waals surface area contributed by atoms with Gasteiger partial charge in [-0.15, -0.1) is 35.3 Å². The second kappa shape index (κ2) is 11.0. The number of aliphatic imine (C=N–C) groups is 1. The van der Waals surface area contributed by atoms with E-state index in [-0.39, 0.29) is 36.1 Å². The SMILES string of the molecule is CN=C(NCCc1ncc(C)s1)NC1CCCN(C(=O)OC(C)(C)C)C1.I. The smallest absolute Gasteiger partial charge is 0.410 e. The topological polar surface area (TPSA) is 78.9 Å². The number of aryl methyl sites for hydroxylation is 1. The molecule has 1 saturated heterocycles. The molecular weight excluding hydrogens is 477 g/mol. The van der Waals surface area contributed by atoms with Crippen LogP contribution in [-0.4, -0.2) is 60.3 Å². The van der Waals surface area contributed by atoms with Crippen molar-refractivity contribution in [3.63, 3.8) is 0 Å². The highest BCUT2D eigenvalue weighted by Crippen LogP contribution is 2.15. The van der Waals surface area contributed by atoms with Crippen molar-refractivity contribution in [2.45, 2.75) is 58.6 Å². The number of amides is 1. The highest BCUT2D eigenvalue weighted by molar-refractivity contribution is 14.0. The first-order chi connectivity index (χ1) is 12.3. The van der Waals surface area contributed by atoms with Gasteiger partial charge in [-0.3, -0.25) is 4.99 Å². The molecule has 1 aromatic heterocycles. The maximum Gasteiger partial charge on any atom is 0.410 e. The fourth-order valence-corrected chi connectivity index (χ4v) is 3.57. The van der Waals surface area contributed by atoms with Gasteiger partial charge in [0.05, 0.1) is 5.01 Å². The highest BCUT2D eigenvalue weighted by atomic mass is 127. The first-order valence-corrected chi connectivity index (χ1v) is 9.95. The summed E-state index contributed by atoms with van der Waals surface area (Å²) < 4.78 is 5.48. The fourth-order valence-electron chi connectivity index (χ4n) is 2.78. The Hall–Kier alpha value is -1.10.